The van der Waals surface area contributed by atoms with Crippen LogP contribution in [0.5, 0.6) is 0 Å². The van der Waals surface area contributed by atoms with Gasteiger partial charge in [0, 0.05) is 34.1 Å². The van der Waals surface area contributed by atoms with Gasteiger partial charge < -0.3 is 14.3 Å². The zero-order valence-electron chi connectivity index (χ0n) is 21.6. The first-order valence-electron chi connectivity index (χ1n) is 12.2. The number of aromatic nitrogens is 2. The van der Waals surface area contributed by atoms with Gasteiger partial charge in [-0.3, -0.25) is 14.3 Å². The number of amides is 1. The van der Waals surface area contributed by atoms with E-state index in [1.54, 1.807) is 23.8 Å². The summed E-state index contributed by atoms with van der Waals surface area (Å²) in [5.41, 5.74) is -4.72. The van der Waals surface area contributed by atoms with E-state index in [9.17, 15) is 31.2 Å². The van der Waals surface area contributed by atoms with Crippen LogP contribution in [0.3, 0.4) is 0 Å². The number of nitrogens with zero attached hydrogens (tertiary/aromatic N) is 2. The molecule has 2 heterocycles. The first kappa shape index (κ1) is 30.6. The van der Waals surface area contributed by atoms with Crippen molar-refractivity contribution in [1.82, 2.24) is 14.9 Å². The van der Waals surface area contributed by atoms with Crippen LogP contribution in [0.1, 0.15) is 42.1 Å². The molecule has 218 valence electrons. The third-order valence-electron chi connectivity index (χ3n) is 6.17. The number of anilines is 1. The van der Waals surface area contributed by atoms with Crippen molar-refractivity contribution < 1.29 is 30.8 Å². The predicted molar refractivity (Wildman–Crippen MR) is 152 cm³/mol. The minimum atomic E-state index is -5.75. The van der Waals surface area contributed by atoms with Crippen molar-refractivity contribution >= 4 is 49.1 Å². The molecule has 1 aliphatic heterocycles. The molecule has 0 saturated heterocycles. The molecule has 1 aliphatic carbocycles. The van der Waals surface area contributed by atoms with Crippen molar-refractivity contribution in [3.63, 3.8) is 0 Å². The molecule has 0 unspecified atom stereocenters. The van der Waals surface area contributed by atoms with Crippen LogP contribution < -0.4 is 15.6 Å². The van der Waals surface area contributed by atoms with Crippen molar-refractivity contribution in [2.45, 2.75) is 38.7 Å². The van der Waals surface area contributed by atoms with Crippen LogP contribution in [0.15, 0.2) is 56.5 Å². The van der Waals surface area contributed by atoms with Gasteiger partial charge in [-0.2, -0.15) is 26.6 Å². The van der Waals surface area contributed by atoms with E-state index in [-0.39, 0.29) is 40.9 Å². The standard InChI is InChI=1S/C26H23BrClF3N4O5S/c1-3-7-19-33-24(36)22(28)23(25(37)32-4-2)35(19)12-16-14-10-11-40-13-17(14)21(27)20(16)15-8-5-6-9-18(15)34-41(38,39)26(29,30)31/h5-6,8-11,13,34H,3-4,7,12H2,1-2H3,(H,32,37). The van der Waals surface area contributed by atoms with Gasteiger partial charge >= 0.3 is 15.5 Å². The molecular weight excluding hydrogens is 653 g/mol. The van der Waals surface area contributed by atoms with Gasteiger partial charge in [-0.15, -0.1) is 0 Å². The Kier molecular flexibility index (Phi) is 8.85. The first-order chi connectivity index (χ1) is 19.3. The molecule has 4 rings (SSSR count). The van der Waals surface area contributed by atoms with Crippen LogP contribution in [0.4, 0.5) is 18.9 Å². The third-order valence-corrected chi connectivity index (χ3v) is 8.43. The highest BCUT2D eigenvalue weighted by Crippen LogP contribution is 2.48. The van der Waals surface area contributed by atoms with Crippen LogP contribution in [-0.2, 0) is 23.0 Å². The summed E-state index contributed by atoms with van der Waals surface area (Å²) in [7, 11) is -5.75. The van der Waals surface area contributed by atoms with Gasteiger partial charge in [0.15, 0.2) is 0 Å². The fourth-order valence-electron chi connectivity index (χ4n) is 4.43. The molecule has 2 aliphatic rings. The Balaban J connectivity index is 2.03. The number of benzene rings is 1. The van der Waals surface area contributed by atoms with Gasteiger partial charge in [-0.05, 0) is 52.5 Å². The van der Waals surface area contributed by atoms with Crippen LogP contribution in [0, 0.1) is 0 Å². The topological polar surface area (TPSA) is 123 Å². The second-order valence-corrected chi connectivity index (χ2v) is 11.7. The molecule has 9 nitrogen and oxygen atoms in total. The molecule has 1 aromatic carbocycles. The lowest BCUT2D eigenvalue weighted by molar-refractivity contribution is -0.0429. The van der Waals surface area contributed by atoms with Crippen molar-refractivity contribution in [3.05, 3.63) is 79.8 Å². The number of hydrogen-bond donors (Lipinski definition) is 2. The first-order valence-corrected chi connectivity index (χ1v) is 14.9. The third kappa shape index (κ3) is 5.86. The van der Waals surface area contributed by atoms with Gasteiger partial charge in [-0.25, -0.2) is 0 Å². The summed E-state index contributed by atoms with van der Waals surface area (Å²) in [4.78, 5) is 29.8. The van der Waals surface area contributed by atoms with E-state index in [2.05, 4.69) is 26.2 Å². The van der Waals surface area contributed by atoms with Gasteiger partial charge in [-0.1, -0.05) is 36.7 Å². The number of halogens is 5. The lowest BCUT2D eigenvalue weighted by Crippen LogP contribution is -2.32. The van der Waals surface area contributed by atoms with E-state index in [0.29, 0.717) is 39.6 Å². The van der Waals surface area contributed by atoms with E-state index in [1.807, 2.05) is 6.92 Å². The molecule has 1 amide bonds. The van der Waals surface area contributed by atoms with Crippen molar-refractivity contribution in [1.29, 1.82) is 0 Å². The fraction of sp³-hybridized carbons (Fsp3) is 0.269. The maximum Gasteiger partial charge on any atom is 0.516 e. The van der Waals surface area contributed by atoms with Gasteiger partial charge in [0.1, 0.15) is 16.5 Å². The number of carbonyl (C=O) groups excluding carboxylic acids is 1. The number of alkyl halides is 3. The lowest BCUT2D eigenvalue weighted by atomic mass is 10.0. The Bertz CT molecular complexity index is 1750. The number of rotatable bonds is 9. The molecule has 2 N–H and O–H groups in total. The minimum Gasteiger partial charge on any atom is -0.472 e. The van der Waals surface area contributed by atoms with Crippen molar-refractivity contribution in [2.24, 2.45) is 0 Å². The van der Waals surface area contributed by atoms with Crippen LogP contribution >= 0.6 is 27.5 Å². The number of para-hydroxylation sites is 1. The monoisotopic (exact) mass is 674 g/mol. The minimum absolute atomic E-state index is 0.101. The molecule has 0 radical (unpaired) electrons. The maximum atomic E-state index is 13.3. The Hall–Kier alpha value is -3.36. The molecule has 0 saturated carbocycles. The normalized spacial score (nSPS) is 12.1. The Morgan fingerprint density at radius 2 is 1.85 bits per heavy atom. The molecule has 41 heavy (non-hydrogen) atoms. The van der Waals surface area contributed by atoms with Crippen LogP contribution in [0.2, 0.25) is 5.02 Å². The van der Waals surface area contributed by atoms with Crippen molar-refractivity contribution in [3.8, 4) is 22.3 Å². The Labute approximate surface area is 246 Å². The summed E-state index contributed by atoms with van der Waals surface area (Å²) in [5.74, 6) is -0.342. The van der Waals surface area contributed by atoms with E-state index >= 15 is 0 Å². The maximum absolute atomic E-state index is 13.3. The number of aryl methyl sites for hydroxylation is 1. The van der Waals surface area contributed by atoms with E-state index in [0.717, 1.165) is 0 Å². The molecule has 15 heteroatoms. The Morgan fingerprint density at radius 1 is 1.15 bits per heavy atom. The van der Waals surface area contributed by atoms with Gasteiger partial charge in [0.2, 0.25) is 0 Å². The van der Waals surface area contributed by atoms with Crippen LogP contribution in [0.25, 0.3) is 22.3 Å². The number of fused-ring (bicyclic) bond motifs is 1. The molecular formula is C26H23BrClF3N4O5S. The molecule has 0 fully saturated rings. The predicted octanol–water partition coefficient (Wildman–Crippen LogP) is 6.04. The molecule has 0 bridgehead atoms. The summed E-state index contributed by atoms with van der Waals surface area (Å²) < 4.78 is 72.8. The lowest BCUT2D eigenvalue weighted by Gasteiger charge is -2.20. The largest absolute Gasteiger partial charge is 0.516 e. The van der Waals surface area contributed by atoms with Gasteiger partial charge in [0.05, 0.1) is 24.8 Å². The van der Waals surface area contributed by atoms with E-state index < -0.39 is 27.0 Å². The Morgan fingerprint density at radius 3 is 2.51 bits per heavy atom. The highest BCUT2D eigenvalue weighted by Gasteiger charge is 2.46. The van der Waals surface area contributed by atoms with Gasteiger partial charge in [0.25, 0.3) is 11.5 Å². The number of hydrogen-bond acceptors (Lipinski definition) is 6. The SMILES string of the molecule is CCCc1nc(=O)c(Cl)c(C(=O)NCC)n1Cc1c2ccocc-2c(Br)c1-c1ccccc1NS(=O)(=O)C(F)(F)F. The number of sulfonamides is 1. The zero-order valence-corrected chi connectivity index (χ0v) is 24.8. The fourth-order valence-corrected chi connectivity index (χ4v) is 6.00. The van der Waals surface area contributed by atoms with E-state index in [1.165, 1.54) is 35.3 Å². The second kappa shape index (κ2) is 11.9. The van der Waals surface area contributed by atoms with Crippen LogP contribution in [-0.4, -0.2) is 35.9 Å². The highest BCUT2D eigenvalue weighted by atomic mass is 79.9. The smallest absolute Gasteiger partial charge is 0.472 e. The summed E-state index contributed by atoms with van der Waals surface area (Å²) in [6.45, 7) is 3.71. The highest BCUT2D eigenvalue weighted by molar-refractivity contribution is 9.10. The molecule has 0 atom stereocenters. The average Bonchev–Trinajstić information content (AvgIpc) is 3.18. The zero-order chi connectivity index (χ0) is 30.1. The molecule has 1 aromatic heterocycles. The average molecular weight is 676 g/mol. The quantitative estimate of drug-likeness (QED) is 0.223. The summed E-state index contributed by atoms with van der Waals surface area (Å²) in [5, 5.41) is 2.26. The summed E-state index contributed by atoms with van der Waals surface area (Å²) >= 11 is 9.84. The number of nitrogens with one attached hydrogen (secondary N) is 2. The second-order valence-electron chi connectivity index (χ2n) is 8.84. The summed E-state index contributed by atoms with van der Waals surface area (Å²) in [6.07, 6.45) is 3.70. The summed E-state index contributed by atoms with van der Waals surface area (Å²) in [6, 6.07) is 7.23. The molecule has 2 aromatic rings. The number of carbonyl (C=O) groups is 1. The molecule has 0 spiro atoms. The van der Waals surface area contributed by atoms with Crippen molar-refractivity contribution in [2.75, 3.05) is 11.3 Å². The van der Waals surface area contributed by atoms with E-state index in [4.69, 9.17) is 16.0 Å².